The molecule has 22 heavy (non-hydrogen) atoms. The number of hydrogen-bond acceptors (Lipinski definition) is 3. The lowest BCUT2D eigenvalue weighted by Gasteiger charge is -2.04. The Morgan fingerprint density at radius 3 is 2.18 bits per heavy atom. The van der Waals surface area contributed by atoms with E-state index < -0.39 is 24.0 Å². The summed E-state index contributed by atoms with van der Waals surface area (Å²) in [5, 5.41) is 8.58. The van der Waals surface area contributed by atoms with Crippen molar-refractivity contribution < 1.29 is 19.5 Å². The summed E-state index contributed by atoms with van der Waals surface area (Å²) in [4.78, 5) is 33.8. The number of rotatable bonds is 6. The molecule has 1 N–H and O–H groups in total. The first-order chi connectivity index (χ1) is 10.6. The van der Waals surface area contributed by atoms with Crippen molar-refractivity contribution in [1.29, 1.82) is 0 Å². The van der Waals surface area contributed by atoms with Gasteiger partial charge in [0.1, 0.15) is 0 Å². The first-order valence-electron chi connectivity index (χ1n) is 6.69. The van der Waals surface area contributed by atoms with Gasteiger partial charge < -0.3 is 5.11 Å². The van der Waals surface area contributed by atoms with Crippen LogP contribution >= 0.6 is 0 Å². The number of benzene rings is 2. The Balaban J connectivity index is 2.23. The number of carboxylic acids is 1. The standard InChI is InChI=1S/C18H14O4/c19-16(12-17(20)18(21)22)15-9-5-4-8-14(15)11-10-13-6-2-1-3-7-13/h1-11H,12H2,(H,21,22)/b11-10+. The fourth-order valence-electron chi connectivity index (χ4n) is 1.96. The van der Waals surface area contributed by atoms with Crippen molar-refractivity contribution in [2.24, 2.45) is 0 Å². The van der Waals surface area contributed by atoms with Crippen molar-refractivity contribution in [3.8, 4) is 0 Å². The highest BCUT2D eigenvalue weighted by molar-refractivity contribution is 6.37. The van der Waals surface area contributed by atoms with E-state index in [4.69, 9.17) is 5.11 Å². The van der Waals surface area contributed by atoms with Crippen LogP contribution in [0.3, 0.4) is 0 Å². The van der Waals surface area contributed by atoms with Gasteiger partial charge in [-0.25, -0.2) is 4.79 Å². The Kier molecular flexibility index (Phi) is 4.98. The maximum absolute atomic E-state index is 12.1. The highest BCUT2D eigenvalue weighted by atomic mass is 16.4. The summed E-state index contributed by atoms with van der Waals surface area (Å²) >= 11 is 0. The molecule has 4 nitrogen and oxygen atoms in total. The summed E-state index contributed by atoms with van der Waals surface area (Å²) in [6.07, 6.45) is 2.99. The van der Waals surface area contributed by atoms with Crippen LogP contribution in [0.5, 0.6) is 0 Å². The molecule has 2 aromatic carbocycles. The number of hydrogen-bond donors (Lipinski definition) is 1. The van der Waals surface area contributed by atoms with Crippen LogP contribution in [0.4, 0.5) is 0 Å². The molecule has 0 bridgehead atoms. The summed E-state index contributed by atoms with van der Waals surface area (Å²) in [7, 11) is 0. The lowest BCUT2D eigenvalue weighted by Crippen LogP contribution is -2.17. The number of Topliss-reactive ketones (excluding diaryl/α,β-unsaturated/α-hetero) is 2. The Bertz CT molecular complexity index is 730. The van der Waals surface area contributed by atoms with Crippen molar-refractivity contribution in [3.05, 3.63) is 71.3 Å². The van der Waals surface area contributed by atoms with E-state index in [-0.39, 0.29) is 0 Å². The minimum atomic E-state index is -1.59. The van der Waals surface area contributed by atoms with Crippen molar-refractivity contribution in [3.63, 3.8) is 0 Å². The molecular formula is C18H14O4. The zero-order valence-electron chi connectivity index (χ0n) is 11.7. The van der Waals surface area contributed by atoms with Crippen molar-refractivity contribution in [1.82, 2.24) is 0 Å². The van der Waals surface area contributed by atoms with Gasteiger partial charge in [0, 0.05) is 5.56 Å². The summed E-state index contributed by atoms with van der Waals surface area (Å²) in [6.45, 7) is 0. The summed E-state index contributed by atoms with van der Waals surface area (Å²) in [5.41, 5.74) is 1.96. The molecule has 0 aliphatic rings. The number of carboxylic acid groups (broad SMARTS) is 1. The molecule has 0 saturated carbocycles. The molecule has 0 amide bonds. The molecule has 4 heteroatoms. The molecule has 110 valence electrons. The van der Waals surface area contributed by atoms with Gasteiger partial charge in [-0.1, -0.05) is 66.7 Å². The van der Waals surface area contributed by atoms with Crippen LogP contribution in [0.15, 0.2) is 54.6 Å². The van der Waals surface area contributed by atoms with E-state index in [1.165, 1.54) is 0 Å². The third-order valence-electron chi connectivity index (χ3n) is 3.08. The van der Waals surface area contributed by atoms with E-state index in [0.717, 1.165) is 5.56 Å². The molecule has 0 aliphatic heterocycles. The molecule has 0 unspecified atom stereocenters. The summed E-state index contributed by atoms with van der Waals surface area (Å²) < 4.78 is 0. The maximum atomic E-state index is 12.1. The van der Waals surface area contributed by atoms with Crippen molar-refractivity contribution >= 4 is 29.7 Å². The van der Waals surface area contributed by atoms with E-state index in [9.17, 15) is 14.4 Å². The largest absolute Gasteiger partial charge is 0.475 e. The van der Waals surface area contributed by atoms with Crippen molar-refractivity contribution in [2.75, 3.05) is 0 Å². The third-order valence-corrected chi connectivity index (χ3v) is 3.08. The van der Waals surface area contributed by atoms with Gasteiger partial charge in [0.05, 0.1) is 6.42 Å². The van der Waals surface area contributed by atoms with Crippen LogP contribution in [-0.2, 0) is 9.59 Å². The predicted molar refractivity (Wildman–Crippen MR) is 83.4 cm³/mol. The average Bonchev–Trinajstić information content (AvgIpc) is 2.54. The highest BCUT2D eigenvalue weighted by Gasteiger charge is 2.18. The van der Waals surface area contributed by atoms with Crippen LogP contribution in [0.25, 0.3) is 12.2 Å². The van der Waals surface area contributed by atoms with Gasteiger partial charge >= 0.3 is 5.97 Å². The van der Waals surface area contributed by atoms with Gasteiger partial charge in [-0.3, -0.25) is 9.59 Å². The van der Waals surface area contributed by atoms with Gasteiger partial charge in [0.25, 0.3) is 0 Å². The molecule has 0 spiro atoms. The van der Waals surface area contributed by atoms with E-state index in [0.29, 0.717) is 11.1 Å². The topological polar surface area (TPSA) is 71.4 Å². The molecular weight excluding hydrogens is 280 g/mol. The van der Waals surface area contributed by atoms with Crippen LogP contribution in [0, 0.1) is 0 Å². The fraction of sp³-hybridized carbons (Fsp3) is 0.0556. The molecule has 2 aromatic rings. The summed E-state index contributed by atoms with van der Waals surface area (Å²) in [5.74, 6) is -3.20. The highest BCUT2D eigenvalue weighted by Crippen LogP contribution is 2.15. The van der Waals surface area contributed by atoms with Gasteiger partial charge in [-0.05, 0) is 11.1 Å². The van der Waals surface area contributed by atoms with E-state index in [2.05, 4.69) is 0 Å². The van der Waals surface area contributed by atoms with Crippen LogP contribution < -0.4 is 0 Å². The number of ketones is 2. The number of carbonyl (C=O) groups is 3. The van der Waals surface area contributed by atoms with Gasteiger partial charge in [0.2, 0.25) is 5.78 Å². The van der Waals surface area contributed by atoms with E-state index in [1.54, 1.807) is 30.3 Å². The van der Waals surface area contributed by atoms with E-state index in [1.807, 2.05) is 36.4 Å². The molecule has 0 fully saturated rings. The normalized spacial score (nSPS) is 10.5. The second-order valence-electron chi connectivity index (χ2n) is 4.66. The second-order valence-corrected chi connectivity index (χ2v) is 4.66. The lowest BCUT2D eigenvalue weighted by molar-refractivity contribution is -0.148. The van der Waals surface area contributed by atoms with Gasteiger partial charge in [0.15, 0.2) is 5.78 Å². The molecule has 0 aliphatic carbocycles. The Morgan fingerprint density at radius 1 is 0.864 bits per heavy atom. The quantitative estimate of drug-likeness (QED) is 0.384. The number of carbonyl (C=O) groups excluding carboxylic acids is 2. The molecule has 0 heterocycles. The Morgan fingerprint density at radius 2 is 1.50 bits per heavy atom. The zero-order valence-corrected chi connectivity index (χ0v) is 11.7. The molecule has 0 saturated heterocycles. The second kappa shape index (κ2) is 7.13. The van der Waals surface area contributed by atoms with E-state index >= 15 is 0 Å². The van der Waals surface area contributed by atoms with Crippen molar-refractivity contribution in [2.45, 2.75) is 6.42 Å². The van der Waals surface area contributed by atoms with Crippen LogP contribution in [0.1, 0.15) is 27.9 Å². The Labute approximate surface area is 127 Å². The molecule has 0 radical (unpaired) electrons. The first kappa shape index (κ1) is 15.4. The molecule has 0 aromatic heterocycles. The molecule has 0 atom stereocenters. The zero-order chi connectivity index (χ0) is 15.9. The van der Waals surface area contributed by atoms with Gasteiger partial charge in [-0.15, -0.1) is 0 Å². The first-order valence-corrected chi connectivity index (χ1v) is 6.69. The summed E-state index contributed by atoms with van der Waals surface area (Å²) in [6, 6.07) is 16.4. The SMILES string of the molecule is O=C(O)C(=O)CC(=O)c1ccccc1/C=C/c1ccccc1. The monoisotopic (exact) mass is 294 g/mol. The van der Waals surface area contributed by atoms with Gasteiger partial charge in [-0.2, -0.15) is 0 Å². The average molecular weight is 294 g/mol. The Hall–Kier alpha value is -3.01. The fourth-order valence-corrected chi connectivity index (χ4v) is 1.96. The minimum Gasteiger partial charge on any atom is -0.475 e. The molecule has 2 rings (SSSR count). The number of aliphatic carboxylic acids is 1. The third kappa shape index (κ3) is 3.99. The van der Waals surface area contributed by atoms with Crippen LogP contribution in [0.2, 0.25) is 0 Å². The maximum Gasteiger partial charge on any atom is 0.372 e. The smallest absolute Gasteiger partial charge is 0.372 e. The predicted octanol–water partition coefficient (Wildman–Crippen LogP) is 3.08. The minimum absolute atomic E-state index is 0.337. The van der Waals surface area contributed by atoms with Crippen LogP contribution in [-0.4, -0.2) is 22.6 Å². The lowest BCUT2D eigenvalue weighted by atomic mass is 9.99.